The van der Waals surface area contributed by atoms with E-state index in [1.54, 1.807) is 17.5 Å². The van der Waals surface area contributed by atoms with Gasteiger partial charge in [0.25, 0.3) is 0 Å². The van der Waals surface area contributed by atoms with Crippen molar-refractivity contribution in [3.8, 4) is 0 Å². The first kappa shape index (κ1) is 20.6. The molecule has 0 atom stereocenters. The third kappa shape index (κ3) is 5.46. The zero-order valence-electron chi connectivity index (χ0n) is 16.0. The molecule has 0 amide bonds. The molecule has 1 fully saturated rings. The number of piperazine rings is 1. The number of anilines is 1. The number of nitrogens with one attached hydrogen (secondary N) is 2. The Kier molecular flexibility index (Phi) is 7.30. The highest BCUT2D eigenvalue weighted by Gasteiger charge is 2.20. The number of hydrogen-bond donors (Lipinski definition) is 2. The van der Waals surface area contributed by atoms with Crippen LogP contribution in [0.1, 0.15) is 6.92 Å². The van der Waals surface area contributed by atoms with Gasteiger partial charge in [-0.1, -0.05) is 24.3 Å². The van der Waals surface area contributed by atoms with Gasteiger partial charge >= 0.3 is 0 Å². The molecular weight excluding hydrogens is 394 g/mol. The average Bonchev–Trinajstić information content (AvgIpc) is 3.27. The van der Waals surface area contributed by atoms with Crippen LogP contribution in [0.15, 0.2) is 57.0 Å². The van der Waals surface area contributed by atoms with Crippen molar-refractivity contribution in [1.29, 1.82) is 0 Å². The second-order valence-electron chi connectivity index (χ2n) is 6.38. The number of para-hydroxylation sites is 1. The van der Waals surface area contributed by atoms with E-state index in [0.717, 1.165) is 38.7 Å². The predicted octanol–water partition coefficient (Wildman–Crippen LogP) is 1.81. The second-order valence-corrected chi connectivity index (χ2v) is 9.32. The monoisotopic (exact) mass is 421 g/mol. The van der Waals surface area contributed by atoms with Gasteiger partial charge in [-0.3, -0.25) is 4.99 Å². The fourth-order valence-corrected chi connectivity index (χ4v) is 5.13. The summed E-state index contributed by atoms with van der Waals surface area (Å²) in [5, 5.41) is 5.07. The molecule has 1 aliphatic rings. The quantitative estimate of drug-likeness (QED) is 0.405. The van der Waals surface area contributed by atoms with Crippen LogP contribution in [0.3, 0.4) is 0 Å². The molecule has 0 saturated carbocycles. The number of thiophene rings is 1. The average molecular weight is 422 g/mol. The minimum Gasteiger partial charge on any atom is -0.368 e. The van der Waals surface area contributed by atoms with E-state index < -0.39 is 10.0 Å². The molecule has 152 valence electrons. The van der Waals surface area contributed by atoms with Crippen LogP contribution in [0.5, 0.6) is 0 Å². The van der Waals surface area contributed by atoms with E-state index in [0.29, 0.717) is 10.8 Å². The van der Waals surface area contributed by atoms with Crippen molar-refractivity contribution in [2.75, 3.05) is 50.7 Å². The predicted molar refractivity (Wildman–Crippen MR) is 116 cm³/mol. The molecule has 2 N–H and O–H groups in total. The Morgan fingerprint density at radius 1 is 1.11 bits per heavy atom. The first-order valence-corrected chi connectivity index (χ1v) is 11.8. The molecule has 0 radical (unpaired) electrons. The topological polar surface area (TPSA) is 77.0 Å². The molecule has 0 unspecified atom stereocenters. The summed E-state index contributed by atoms with van der Waals surface area (Å²) in [6.45, 7) is 7.10. The molecule has 28 heavy (non-hydrogen) atoms. The molecule has 7 nitrogen and oxygen atoms in total. The molecule has 0 aliphatic carbocycles. The van der Waals surface area contributed by atoms with Gasteiger partial charge in [0.05, 0.1) is 6.54 Å². The zero-order chi connectivity index (χ0) is 19.8. The second kappa shape index (κ2) is 9.90. The molecule has 1 aromatic carbocycles. The Balaban J connectivity index is 1.52. The van der Waals surface area contributed by atoms with Gasteiger partial charge < -0.3 is 15.1 Å². The van der Waals surface area contributed by atoms with Crippen LogP contribution < -0.4 is 14.9 Å². The minimum atomic E-state index is -3.43. The van der Waals surface area contributed by atoms with E-state index in [9.17, 15) is 8.42 Å². The van der Waals surface area contributed by atoms with Gasteiger partial charge in [0.2, 0.25) is 10.0 Å². The van der Waals surface area contributed by atoms with E-state index in [1.807, 2.05) is 13.0 Å². The molecular formula is C19H27N5O2S2. The van der Waals surface area contributed by atoms with Crippen molar-refractivity contribution in [3.63, 3.8) is 0 Å². The van der Waals surface area contributed by atoms with Crippen LogP contribution >= 0.6 is 11.3 Å². The fourth-order valence-electron chi connectivity index (χ4n) is 3.07. The summed E-state index contributed by atoms with van der Waals surface area (Å²) >= 11 is 1.21. The van der Waals surface area contributed by atoms with Gasteiger partial charge in [-0.05, 0) is 30.5 Å². The summed E-state index contributed by atoms with van der Waals surface area (Å²) in [6.07, 6.45) is 0. The van der Waals surface area contributed by atoms with Gasteiger partial charge in [-0.15, -0.1) is 11.3 Å². The Bertz CT molecular complexity index is 846. The van der Waals surface area contributed by atoms with Crippen LogP contribution in [0.2, 0.25) is 0 Å². The number of benzene rings is 1. The molecule has 1 aromatic heterocycles. The van der Waals surface area contributed by atoms with Crippen molar-refractivity contribution >= 4 is 33.0 Å². The van der Waals surface area contributed by atoms with Crippen LogP contribution in [0, 0.1) is 0 Å². The molecule has 1 saturated heterocycles. The lowest BCUT2D eigenvalue weighted by Gasteiger charge is -2.37. The molecule has 2 heterocycles. The molecule has 1 aliphatic heterocycles. The van der Waals surface area contributed by atoms with Gasteiger partial charge in [0, 0.05) is 45.0 Å². The summed E-state index contributed by atoms with van der Waals surface area (Å²) in [6, 6.07) is 13.8. The first-order valence-electron chi connectivity index (χ1n) is 9.46. The summed E-state index contributed by atoms with van der Waals surface area (Å²) in [7, 11) is -3.43. The number of hydrogen-bond acceptors (Lipinski definition) is 5. The molecule has 9 heteroatoms. The van der Waals surface area contributed by atoms with Gasteiger partial charge in [0.15, 0.2) is 5.96 Å². The summed E-state index contributed by atoms with van der Waals surface area (Å²) < 4.78 is 27.3. The zero-order valence-corrected chi connectivity index (χ0v) is 17.7. The molecule has 3 rings (SSSR count). The van der Waals surface area contributed by atoms with E-state index in [1.165, 1.54) is 17.0 Å². The Labute approximate surface area is 171 Å². The lowest BCUT2D eigenvalue weighted by atomic mass is 10.2. The van der Waals surface area contributed by atoms with Crippen LogP contribution in [-0.4, -0.2) is 65.1 Å². The summed E-state index contributed by atoms with van der Waals surface area (Å²) in [4.78, 5) is 9.21. The highest BCUT2D eigenvalue weighted by Crippen LogP contribution is 2.16. The normalized spacial score (nSPS) is 15.7. The number of nitrogens with zero attached hydrogens (tertiary/aromatic N) is 3. The molecule has 0 spiro atoms. The number of guanidine groups is 1. The standard InChI is InChI=1S/C19H27N5O2S2/c1-2-20-19(21-10-11-22-28(25,26)18-9-6-16-27-18)24-14-12-23(13-15-24)17-7-4-3-5-8-17/h3-9,16,22H,2,10-15H2,1H3,(H,20,21). The fraction of sp³-hybridized carbons (Fsp3) is 0.421. The number of sulfonamides is 1. The van der Waals surface area contributed by atoms with Crippen molar-refractivity contribution in [2.45, 2.75) is 11.1 Å². The maximum Gasteiger partial charge on any atom is 0.250 e. The maximum absolute atomic E-state index is 12.2. The van der Waals surface area contributed by atoms with Gasteiger partial charge in [0.1, 0.15) is 4.21 Å². The Morgan fingerprint density at radius 3 is 2.50 bits per heavy atom. The Hall–Kier alpha value is -2.10. The largest absolute Gasteiger partial charge is 0.368 e. The smallest absolute Gasteiger partial charge is 0.250 e. The van der Waals surface area contributed by atoms with Crippen molar-refractivity contribution < 1.29 is 8.42 Å². The highest BCUT2D eigenvalue weighted by atomic mass is 32.2. The minimum absolute atomic E-state index is 0.277. The van der Waals surface area contributed by atoms with Crippen LogP contribution in [0.4, 0.5) is 5.69 Å². The van der Waals surface area contributed by atoms with E-state index >= 15 is 0 Å². The SMILES string of the molecule is CCNC(=NCCNS(=O)(=O)c1cccs1)N1CCN(c2ccccc2)CC1. The van der Waals surface area contributed by atoms with Crippen molar-refractivity contribution in [1.82, 2.24) is 14.9 Å². The van der Waals surface area contributed by atoms with E-state index in [4.69, 9.17) is 0 Å². The van der Waals surface area contributed by atoms with E-state index in [-0.39, 0.29) is 6.54 Å². The van der Waals surface area contributed by atoms with Crippen LogP contribution in [0.25, 0.3) is 0 Å². The number of rotatable bonds is 7. The maximum atomic E-state index is 12.2. The van der Waals surface area contributed by atoms with Gasteiger partial charge in [-0.25, -0.2) is 13.1 Å². The third-order valence-corrected chi connectivity index (χ3v) is 7.32. The summed E-state index contributed by atoms with van der Waals surface area (Å²) in [5.74, 6) is 0.838. The molecule has 0 bridgehead atoms. The van der Waals surface area contributed by atoms with Crippen molar-refractivity contribution in [3.05, 3.63) is 47.8 Å². The lowest BCUT2D eigenvalue weighted by Crippen LogP contribution is -2.52. The summed E-state index contributed by atoms with van der Waals surface area (Å²) in [5.41, 5.74) is 1.24. The molecule has 2 aromatic rings. The van der Waals surface area contributed by atoms with E-state index in [2.05, 4.69) is 49.1 Å². The number of aliphatic imine (C=N–C) groups is 1. The van der Waals surface area contributed by atoms with Gasteiger partial charge in [-0.2, -0.15) is 0 Å². The van der Waals surface area contributed by atoms with Crippen molar-refractivity contribution in [2.24, 2.45) is 4.99 Å². The highest BCUT2D eigenvalue weighted by molar-refractivity contribution is 7.91. The third-order valence-electron chi connectivity index (χ3n) is 4.46. The lowest BCUT2D eigenvalue weighted by molar-refractivity contribution is 0.372. The first-order chi connectivity index (χ1) is 13.6. The van der Waals surface area contributed by atoms with Crippen LogP contribution in [-0.2, 0) is 10.0 Å². The Morgan fingerprint density at radius 2 is 1.86 bits per heavy atom.